The van der Waals surface area contributed by atoms with E-state index in [0.717, 1.165) is 21.4 Å². The molecule has 0 radical (unpaired) electrons. The molecule has 2 N–H and O–H groups in total. The Morgan fingerprint density at radius 1 is 1.11 bits per heavy atom. The third-order valence-electron chi connectivity index (χ3n) is 2.57. The van der Waals surface area contributed by atoms with E-state index in [2.05, 4.69) is 9.97 Å². The molecule has 0 saturated heterocycles. The summed E-state index contributed by atoms with van der Waals surface area (Å²) in [5.41, 5.74) is 5.71. The van der Waals surface area contributed by atoms with Gasteiger partial charge in [0.15, 0.2) is 11.5 Å². The second-order valence-corrected chi connectivity index (χ2v) is 5.18. The van der Waals surface area contributed by atoms with Crippen molar-refractivity contribution in [1.82, 2.24) is 9.97 Å². The zero-order chi connectivity index (χ0) is 13.2. The molecule has 98 valence electrons. The predicted molar refractivity (Wildman–Crippen MR) is 72.7 cm³/mol. The van der Waals surface area contributed by atoms with Crippen molar-refractivity contribution in [3.8, 4) is 11.5 Å². The molecule has 1 aliphatic heterocycles. The minimum atomic E-state index is 0.479. The number of aromatic nitrogens is 2. The van der Waals surface area contributed by atoms with Gasteiger partial charge in [-0.3, -0.25) is 0 Å². The summed E-state index contributed by atoms with van der Waals surface area (Å²) in [6, 6.07) is 7.60. The van der Waals surface area contributed by atoms with E-state index in [1.807, 2.05) is 25.1 Å². The van der Waals surface area contributed by atoms with Crippen molar-refractivity contribution in [2.75, 3.05) is 18.9 Å². The minimum Gasteiger partial charge on any atom is -0.486 e. The lowest BCUT2D eigenvalue weighted by molar-refractivity contribution is 0.171. The van der Waals surface area contributed by atoms with E-state index in [-0.39, 0.29) is 0 Å². The maximum atomic E-state index is 5.71. The molecule has 0 unspecified atom stereocenters. The summed E-state index contributed by atoms with van der Waals surface area (Å²) in [5, 5.41) is 0.821. The summed E-state index contributed by atoms with van der Waals surface area (Å²) in [5.74, 6) is 2.71. The monoisotopic (exact) mass is 275 g/mol. The Kier molecular flexibility index (Phi) is 3.16. The van der Waals surface area contributed by atoms with Crippen LogP contribution in [0.15, 0.2) is 34.2 Å². The van der Waals surface area contributed by atoms with Crippen molar-refractivity contribution in [2.24, 2.45) is 0 Å². The van der Waals surface area contributed by atoms with Crippen LogP contribution >= 0.6 is 11.8 Å². The number of ether oxygens (including phenoxy) is 2. The van der Waals surface area contributed by atoms with Gasteiger partial charge in [0.1, 0.15) is 29.9 Å². The number of nitrogens with zero attached hydrogens (tertiary/aromatic N) is 2. The molecule has 2 heterocycles. The van der Waals surface area contributed by atoms with Crippen molar-refractivity contribution >= 4 is 17.6 Å². The number of fused-ring (bicyclic) bond motifs is 1. The number of anilines is 1. The molecular formula is C13H13N3O2S. The van der Waals surface area contributed by atoms with E-state index < -0.39 is 0 Å². The van der Waals surface area contributed by atoms with Gasteiger partial charge in [0.25, 0.3) is 0 Å². The summed E-state index contributed by atoms with van der Waals surface area (Å²) in [6.45, 7) is 3.01. The first-order chi connectivity index (χ1) is 9.20. The Morgan fingerprint density at radius 2 is 1.89 bits per heavy atom. The SMILES string of the molecule is Cc1nc(N)cc(Sc2ccc3c(c2)OCCO3)n1. The Bertz CT molecular complexity index is 599. The zero-order valence-corrected chi connectivity index (χ0v) is 11.2. The molecule has 6 heteroatoms. The van der Waals surface area contributed by atoms with Gasteiger partial charge in [-0.2, -0.15) is 0 Å². The number of nitrogen functional groups attached to an aromatic ring is 1. The number of nitrogens with two attached hydrogens (primary N) is 1. The maximum Gasteiger partial charge on any atom is 0.162 e. The minimum absolute atomic E-state index is 0.479. The van der Waals surface area contributed by atoms with Gasteiger partial charge in [-0.1, -0.05) is 11.8 Å². The van der Waals surface area contributed by atoms with E-state index in [9.17, 15) is 0 Å². The van der Waals surface area contributed by atoms with Crippen molar-refractivity contribution in [1.29, 1.82) is 0 Å². The normalized spacial score (nSPS) is 13.3. The van der Waals surface area contributed by atoms with Crippen molar-refractivity contribution in [3.05, 3.63) is 30.1 Å². The largest absolute Gasteiger partial charge is 0.486 e. The van der Waals surface area contributed by atoms with Crippen molar-refractivity contribution in [3.63, 3.8) is 0 Å². The van der Waals surface area contributed by atoms with Crippen LogP contribution in [0, 0.1) is 6.92 Å². The van der Waals surface area contributed by atoms with Gasteiger partial charge in [-0.25, -0.2) is 9.97 Å². The second-order valence-electron chi connectivity index (χ2n) is 4.09. The fourth-order valence-electron chi connectivity index (χ4n) is 1.82. The molecule has 0 aliphatic carbocycles. The Balaban J connectivity index is 1.86. The number of hydrogen-bond acceptors (Lipinski definition) is 6. The molecule has 19 heavy (non-hydrogen) atoms. The van der Waals surface area contributed by atoms with E-state index in [4.69, 9.17) is 15.2 Å². The van der Waals surface area contributed by atoms with Crippen LogP contribution in [-0.2, 0) is 0 Å². The van der Waals surface area contributed by atoms with Crippen LogP contribution in [0.4, 0.5) is 5.82 Å². The van der Waals surface area contributed by atoms with E-state index in [0.29, 0.717) is 24.9 Å². The fraction of sp³-hybridized carbons (Fsp3) is 0.231. The van der Waals surface area contributed by atoms with Gasteiger partial charge in [0, 0.05) is 11.0 Å². The van der Waals surface area contributed by atoms with Crippen molar-refractivity contribution in [2.45, 2.75) is 16.8 Å². The van der Waals surface area contributed by atoms with Crippen molar-refractivity contribution < 1.29 is 9.47 Å². The lowest BCUT2D eigenvalue weighted by atomic mass is 10.3. The first-order valence-corrected chi connectivity index (χ1v) is 6.71. The van der Waals surface area contributed by atoms with E-state index in [1.54, 1.807) is 6.07 Å². The quantitative estimate of drug-likeness (QED) is 0.848. The predicted octanol–water partition coefficient (Wildman–Crippen LogP) is 2.29. The molecule has 1 aliphatic rings. The summed E-state index contributed by atoms with van der Waals surface area (Å²) in [6.07, 6.45) is 0. The third-order valence-corrected chi connectivity index (χ3v) is 3.48. The molecule has 3 rings (SSSR count). The summed E-state index contributed by atoms with van der Waals surface area (Å²) in [4.78, 5) is 9.43. The van der Waals surface area contributed by atoms with Crippen LogP contribution < -0.4 is 15.2 Å². The number of rotatable bonds is 2. The maximum absolute atomic E-state index is 5.71. The Labute approximate surface area is 115 Å². The average molecular weight is 275 g/mol. The van der Waals surface area contributed by atoms with Crippen LogP contribution in [0.5, 0.6) is 11.5 Å². The molecule has 0 atom stereocenters. The summed E-state index contributed by atoms with van der Waals surface area (Å²) in [7, 11) is 0. The summed E-state index contributed by atoms with van der Waals surface area (Å²) >= 11 is 1.52. The number of aryl methyl sites for hydroxylation is 1. The standard InChI is InChI=1S/C13H13N3O2S/c1-8-15-12(14)7-13(16-8)19-9-2-3-10-11(6-9)18-5-4-17-10/h2-3,6-7H,4-5H2,1H3,(H2,14,15,16). The molecule has 2 aromatic rings. The number of benzene rings is 1. The topological polar surface area (TPSA) is 70.3 Å². The fourth-order valence-corrected chi connectivity index (χ4v) is 2.72. The smallest absolute Gasteiger partial charge is 0.162 e. The van der Waals surface area contributed by atoms with Gasteiger partial charge >= 0.3 is 0 Å². The molecule has 0 bridgehead atoms. The second kappa shape index (κ2) is 4.97. The van der Waals surface area contributed by atoms with Crippen LogP contribution in [-0.4, -0.2) is 23.2 Å². The zero-order valence-electron chi connectivity index (χ0n) is 10.4. The Hall–Kier alpha value is -1.95. The highest BCUT2D eigenvalue weighted by molar-refractivity contribution is 7.99. The first-order valence-electron chi connectivity index (χ1n) is 5.89. The van der Waals surface area contributed by atoms with Crippen LogP contribution in [0.25, 0.3) is 0 Å². The van der Waals surface area contributed by atoms with Gasteiger partial charge in [-0.05, 0) is 25.1 Å². The van der Waals surface area contributed by atoms with Crippen LogP contribution in [0.1, 0.15) is 5.82 Å². The van der Waals surface area contributed by atoms with Gasteiger partial charge < -0.3 is 15.2 Å². The molecule has 1 aromatic heterocycles. The molecule has 5 nitrogen and oxygen atoms in total. The first kappa shape index (κ1) is 12.1. The molecule has 0 fully saturated rings. The molecule has 0 amide bonds. The average Bonchev–Trinajstić information content (AvgIpc) is 2.37. The highest BCUT2D eigenvalue weighted by atomic mass is 32.2. The van der Waals surface area contributed by atoms with Gasteiger partial charge in [0.2, 0.25) is 0 Å². The highest BCUT2D eigenvalue weighted by Crippen LogP contribution is 2.36. The third kappa shape index (κ3) is 2.73. The lowest BCUT2D eigenvalue weighted by Crippen LogP contribution is -2.15. The highest BCUT2D eigenvalue weighted by Gasteiger charge is 2.12. The molecule has 0 saturated carbocycles. The lowest BCUT2D eigenvalue weighted by Gasteiger charge is -2.18. The van der Waals surface area contributed by atoms with E-state index in [1.165, 1.54) is 11.8 Å². The van der Waals surface area contributed by atoms with Gasteiger partial charge in [0.05, 0.1) is 0 Å². The molecular weight excluding hydrogens is 262 g/mol. The van der Waals surface area contributed by atoms with Crippen LogP contribution in [0.2, 0.25) is 0 Å². The van der Waals surface area contributed by atoms with E-state index >= 15 is 0 Å². The Morgan fingerprint density at radius 3 is 2.68 bits per heavy atom. The van der Waals surface area contributed by atoms with Gasteiger partial charge in [-0.15, -0.1) is 0 Å². The molecule has 0 spiro atoms. The summed E-state index contributed by atoms with van der Waals surface area (Å²) < 4.78 is 11.0. The molecule has 1 aromatic carbocycles. The number of hydrogen-bond donors (Lipinski definition) is 1. The van der Waals surface area contributed by atoms with Crippen LogP contribution in [0.3, 0.4) is 0 Å².